The largest absolute Gasteiger partial charge is 0.463 e. The summed E-state index contributed by atoms with van der Waals surface area (Å²) in [6.07, 6.45) is -1.49. The average Bonchev–Trinajstić information content (AvgIpc) is 2.64. The molecule has 5 saturated carbocycles. The first-order valence-electron chi connectivity index (χ1n) is 10.8. The first-order valence-corrected chi connectivity index (χ1v) is 10.8. The third-order valence-corrected chi connectivity index (χ3v) is 6.93. The molecule has 0 saturated heterocycles. The Kier molecular flexibility index (Phi) is 7.15. The van der Waals surface area contributed by atoms with Crippen LogP contribution in [0.25, 0.3) is 0 Å². The average molecular weight is 432 g/mol. The van der Waals surface area contributed by atoms with Crippen LogP contribution in [-0.4, -0.2) is 43.0 Å². The van der Waals surface area contributed by atoms with Gasteiger partial charge in [0, 0.05) is 12.0 Å². The van der Waals surface area contributed by atoms with Gasteiger partial charge >= 0.3 is 18.1 Å². The topological polar surface area (TPSA) is 61.8 Å². The summed E-state index contributed by atoms with van der Waals surface area (Å²) in [6, 6.07) is 0. The number of hydrogen-bond donors (Lipinski definition) is 0. The van der Waals surface area contributed by atoms with E-state index in [0.717, 1.165) is 32.1 Å². The number of hydrogen-bond acceptors (Lipinski definition) is 5. The van der Waals surface area contributed by atoms with Crippen LogP contribution in [0, 0.1) is 23.7 Å². The number of esters is 2. The van der Waals surface area contributed by atoms with Crippen molar-refractivity contribution in [2.45, 2.75) is 83.3 Å². The highest BCUT2D eigenvalue weighted by atomic mass is 19.4. The summed E-state index contributed by atoms with van der Waals surface area (Å²) in [5.74, 6) is 0.349. The van der Waals surface area contributed by atoms with Crippen LogP contribution in [0.1, 0.15) is 58.8 Å². The molecule has 8 heteroatoms. The first-order chi connectivity index (χ1) is 14.0. The minimum Gasteiger partial charge on any atom is -0.463 e. The number of rotatable bonds is 7. The second-order valence-corrected chi connectivity index (χ2v) is 9.05. The van der Waals surface area contributed by atoms with Crippen LogP contribution in [0.5, 0.6) is 0 Å². The zero-order chi connectivity index (χ0) is 22.1. The Labute approximate surface area is 175 Å². The van der Waals surface area contributed by atoms with E-state index < -0.39 is 37.2 Å². The van der Waals surface area contributed by atoms with Gasteiger partial charge in [0.1, 0.15) is 12.7 Å². The molecule has 0 aliphatic heterocycles. The van der Waals surface area contributed by atoms with E-state index in [9.17, 15) is 22.8 Å². The molecule has 5 aliphatic rings. The molecule has 30 heavy (non-hydrogen) atoms. The zero-order valence-corrected chi connectivity index (χ0v) is 17.6. The SMILES string of the molecule is C=C(C)C(=O)OC1CC(OC(C)C(=O)OCCC(F)(F)F)C2CCC3CC2CCC31. The van der Waals surface area contributed by atoms with Crippen molar-refractivity contribution < 1.29 is 37.0 Å². The smallest absolute Gasteiger partial charge is 0.392 e. The van der Waals surface area contributed by atoms with Gasteiger partial charge in [-0.25, -0.2) is 9.59 Å². The van der Waals surface area contributed by atoms with Gasteiger partial charge < -0.3 is 14.2 Å². The molecule has 7 unspecified atom stereocenters. The number of fused-ring (bicyclic) bond motifs is 2. The molecule has 5 nitrogen and oxygen atoms in total. The van der Waals surface area contributed by atoms with Crippen LogP contribution in [0.3, 0.4) is 0 Å². The number of carbonyl (C=O) groups is 2. The summed E-state index contributed by atoms with van der Waals surface area (Å²) in [4.78, 5) is 24.4. The van der Waals surface area contributed by atoms with Crippen molar-refractivity contribution in [1.29, 1.82) is 0 Å². The minimum atomic E-state index is -4.37. The van der Waals surface area contributed by atoms with Crippen LogP contribution in [0.2, 0.25) is 0 Å². The summed E-state index contributed by atoms with van der Waals surface area (Å²) in [7, 11) is 0. The Balaban J connectivity index is 1.67. The first kappa shape index (κ1) is 23.1. The lowest BCUT2D eigenvalue weighted by molar-refractivity contribution is -0.184. The second kappa shape index (κ2) is 9.28. The van der Waals surface area contributed by atoms with Gasteiger partial charge in [0.2, 0.25) is 0 Å². The molecule has 4 bridgehead atoms. The monoisotopic (exact) mass is 432 g/mol. The van der Waals surface area contributed by atoms with Gasteiger partial charge in [-0.05, 0) is 69.6 Å². The lowest BCUT2D eigenvalue weighted by atomic mass is 9.57. The molecule has 0 aromatic rings. The molecule has 0 heterocycles. The van der Waals surface area contributed by atoms with Gasteiger partial charge in [0.05, 0.1) is 12.5 Å². The van der Waals surface area contributed by atoms with Crippen molar-refractivity contribution in [2.75, 3.05) is 6.61 Å². The number of carbonyl (C=O) groups excluding carboxylic acids is 2. The minimum absolute atomic E-state index is 0.249. The van der Waals surface area contributed by atoms with Crippen molar-refractivity contribution in [3.8, 4) is 0 Å². The highest BCUT2D eigenvalue weighted by Crippen LogP contribution is 2.53. The van der Waals surface area contributed by atoms with Crippen molar-refractivity contribution in [3.05, 3.63) is 12.2 Å². The van der Waals surface area contributed by atoms with Crippen molar-refractivity contribution in [1.82, 2.24) is 0 Å². The van der Waals surface area contributed by atoms with Crippen LogP contribution in [0.4, 0.5) is 13.2 Å². The van der Waals surface area contributed by atoms with Crippen LogP contribution in [-0.2, 0) is 23.8 Å². The van der Waals surface area contributed by atoms with E-state index in [1.54, 1.807) is 6.92 Å². The summed E-state index contributed by atoms with van der Waals surface area (Å²) in [5, 5.41) is 0. The van der Waals surface area contributed by atoms with Crippen molar-refractivity contribution >= 4 is 11.9 Å². The quantitative estimate of drug-likeness (QED) is 0.435. The molecular formula is C22H31F3O5. The maximum Gasteiger partial charge on any atom is 0.392 e. The van der Waals surface area contributed by atoms with Crippen molar-refractivity contribution in [3.63, 3.8) is 0 Å². The van der Waals surface area contributed by atoms with E-state index in [1.165, 1.54) is 6.92 Å². The van der Waals surface area contributed by atoms with Gasteiger partial charge in [0.15, 0.2) is 6.10 Å². The van der Waals surface area contributed by atoms with Gasteiger partial charge in [-0.3, -0.25) is 0 Å². The Morgan fingerprint density at radius 3 is 2.20 bits per heavy atom. The molecule has 0 radical (unpaired) electrons. The summed E-state index contributed by atoms with van der Waals surface area (Å²) >= 11 is 0. The Bertz CT molecular complexity index is 662. The highest BCUT2D eigenvalue weighted by Gasteiger charge is 2.49. The molecule has 5 rings (SSSR count). The molecule has 0 aromatic heterocycles. The van der Waals surface area contributed by atoms with E-state index in [1.807, 2.05) is 0 Å². The van der Waals surface area contributed by atoms with Gasteiger partial charge in [0.25, 0.3) is 0 Å². The van der Waals surface area contributed by atoms with E-state index in [4.69, 9.17) is 14.2 Å². The summed E-state index contributed by atoms with van der Waals surface area (Å²) in [6.45, 7) is 6.07. The maximum atomic E-state index is 12.3. The molecular weight excluding hydrogens is 401 g/mol. The molecule has 5 fully saturated rings. The summed E-state index contributed by atoms with van der Waals surface area (Å²) < 4.78 is 53.5. The number of halogens is 3. The number of alkyl halides is 3. The van der Waals surface area contributed by atoms with Gasteiger partial charge in [-0.2, -0.15) is 13.2 Å². The standard InChI is InChI=1S/C22H31F3O5/c1-12(2)20(26)30-19-11-18(16-6-4-15-10-14(16)5-7-17(15)19)29-13(3)21(27)28-9-8-22(23,24)25/h13-19H,1,4-11H2,2-3H3. The maximum absolute atomic E-state index is 12.3. The highest BCUT2D eigenvalue weighted by molar-refractivity contribution is 5.87. The van der Waals surface area contributed by atoms with E-state index in [2.05, 4.69) is 6.58 Å². The molecule has 0 aromatic carbocycles. The molecule has 0 amide bonds. The van der Waals surface area contributed by atoms with Gasteiger partial charge in [-0.1, -0.05) is 6.58 Å². The molecule has 7 atom stereocenters. The fourth-order valence-electron chi connectivity index (χ4n) is 5.48. The fourth-order valence-corrected chi connectivity index (χ4v) is 5.48. The van der Waals surface area contributed by atoms with Crippen LogP contribution < -0.4 is 0 Å². The third kappa shape index (κ3) is 5.56. The Morgan fingerprint density at radius 1 is 1.03 bits per heavy atom. The number of ether oxygens (including phenoxy) is 3. The fraction of sp³-hybridized carbons (Fsp3) is 0.818. The predicted molar refractivity (Wildman–Crippen MR) is 102 cm³/mol. The molecule has 0 spiro atoms. The van der Waals surface area contributed by atoms with E-state index in [0.29, 0.717) is 23.8 Å². The Hall–Kier alpha value is -1.57. The predicted octanol–water partition coefficient (Wildman–Crippen LogP) is 4.59. The lowest BCUT2D eigenvalue weighted by Gasteiger charge is -2.52. The third-order valence-electron chi connectivity index (χ3n) is 6.93. The zero-order valence-electron chi connectivity index (χ0n) is 17.6. The van der Waals surface area contributed by atoms with Gasteiger partial charge in [-0.15, -0.1) is 0 Å². The van der Waals surface area contributed by atoms with Crippen LogP contribution >= 0.6 is 0 Å². The van der Waals surface area contributed by atoms with E-state index in [-0.39, 0.29) is 24.0 Å². The second-order valence-electron chi connectivity index (χ2n) is 9.05. The normalized spacial score (nSPS) is 34.0. The van der Waals surface area contributed by atoms with Crippen molar-refractivity contribution in [2.24, 2.45) is 23.7 Å². The molecule has 170 valence electrons. The lowest BCUT2D eigenvalue weighted by Crippen LogP contribution is -2.51. The summed E-state index contributed by atoms with van der Waals surface area (Å²) in [5.41, 5.74) is 0.343. The Morgan fingerprint density at radius 2 is 1.63 bits per heavy atom. The van der Waals surface area contributed by atoms with E-state index >= 15 is 0 Å². The van der Waals surface area contributed by atoms with Crippen LogP contribution in [0.15, 0.2) is 12.2 Å². The molecule has 5 aliphatic carbocycles. The molecule has 0 N–H and O–H groups in total.